The number of aromatic nitrogens is 1. The van der Waals surface area contributed by atoms with E-state index in [1.165, 1.54) is 7.11 Å². The quantitative estimate of drug-likeness (QED) is 0.733. The van der Waals surface area contributed by atoms with Gasteiger partial charge in [0, 0.05) is 25.0 Å². The summed E-state index contributed by atoms with van der Waals surface area (Å²) in [5.74, 6) is -0.193. The standard InChI is InChI=1S/C10H16N2O2/c1-8(11)9-3-5-12(7-9)6-4-10(13)14-2/h3,5,7-8H,4,6,11H2,1-2H3. The normalized spacial score (nSPS) is 12.5. The molecule has 0 spiro atoms. The molecule has 1 rings (SSSR count). The molecule has 1 aromatic heterocycles. The number of hydrogen-bond acceptors (Lipinski definition) is 3. The highest BCUT2D eigenvalue weighted by Crippen LogP contribution is 2.09. The van der Waals surface area contributed by atoms with E-state index in [9.17, 15) is 4.79 Å². The molecule has 0 aliphatic heterocycles. The number of hydrogen-bond donors (Lipinski definition) is 1. The highest BCUT2D eigenvalue weighted by Gasteiger charge is 2.03. The first-order chi connectivity index (χ1) is 6.63. The van der Waals surface area contributed by atoms with E-state index in [1.807, 2.05) is 30.0 Å². The summed E-state index contributed by atoms with van der Waals surface area (Å²) in [6.07, 6.45) is 4.26. The summed E-state index contributed by atoms with van der Waals surface area (Å²) in [6.45, 7) is 2.57. The van der Waals surface area contributed by atoms with Crippen molar-refractivity contribution in [3.8, 4) is 0 Å². The molecule has 4 nitrogen and oxygen atoms in total. The van der Waals surface area contributed by atoms with E-state index in [4.69, 9.17) is 5.73 Å². The first-order valence-electron chi connectivity index (χ1n) is 4.61. The molecule has 0 saturated heterocycles. The van der Waals surface area contributed by atoms with Gasteiger partial charge in [-0.2, -0.15) is 0 Å². The minimum atomic E-state index is -0.193. The van der Waals surface area contributed by atoms with Gasteiger partial charge < -0.3 is 15.0 Å². The van der Waals surface area contributed by atoms with Crippen LogP contribution in [0.4, 0.5) is 0 Å². The summed E-state index contributed by atoms with van der Waals surface area (Å²) >= 11 is 0. The summed E-state index contributed by atoms with van der Waals surface area (Å²) in [5, 5.41) is 0. The van der Waals surface area contributed by atoms with Crippen LogP contribution >= 0.6 is 0 Å². The molecule has 1 unspecified atom stereocenters. The van der Waals surface area contributed by atoms with Crippen LogP contribution in [0.2, 0.25) is 0 Å². The van der Waals surface area contributed by atoms with Gasteiger partial charge in [-0.1, -0.05) is 0 Å². The number of nitrogens with zero attached hydrogens (tertiary/aromatic N) is 1. The van der Waals surface area contributed by atoms with Crippen molar-refractivity contribution in [2.45, 2.75) is 25.9 Å². The first-order valence-corrected chi connectivity index (χ1v) is 4.61. The lowest BCUT2D eigenvalue weighted by atomic mass is 10.2. The molecule has 0 radical (unpaired) electrons. The van der Waals surface area contributed by atoms with Gasteiger partial charge in [-0.15, -0.1) is 0 Å². The predicted molar refractivity (Wildman–Crippen MR) is 53.7 cm³/mol. The molecule has 78 valence electrons. The average molecular weight is 196 g/mol. The number of rotatable bonds is 4. The average Bonchev–Trinajstić information content (AvgIpc) is 2.62. The van der Waals surface area contributed by atoms with E-state index >= 15 is 0 Å². The Labute approximate surface area is 83.7 Å². The Bertz CT molecular complexity index is 305. The summed E-state index contributed by atoms with van der Waals surface area (Å²) in [6, 6.07) is 2.00. The van der Waals surface area contributed by atoms with Crippen LogP contribution in [0.3, 0.4) is 0 Å². The van der Waals surface area contributed by atoms with Crippen LogP contribution in [-0.4, -0.2) is 17.6 Å². The molecule has 1 atom stereocenters. The van der Waals surface area contributed by atoms with E-state index in [1.54, 1.807) is 0 Å². The lowest BCUT2D eigenvalue weighted by Gasteiger charge is -2.02. The van der Waals surface area contributed by atoms with Crippen molar-refractivity contribution >= 4 is 5.97 Å². The van der Waals surface area contributed by atoms with Gasteiger partial charge in [0.2, 0.25) is 0 Å². The van der Waals surface area contributed by atoms with Crippen LogP contribution in [-0.2, 0) is 16.1 Å². The molecular weight excluding hydrogens is 180 g/mol. The van der Waals surface area contributed by atoms with Gasteiger partial charge in [-0.05, 0) is 18.6 Å². The molecule has 1 aromatic rings. The fraction of sp³-hybridized carbons (Fsp3) is 0.500. The highest BCUT2D eigenvalue weighted by molar-refractivity contribution is 5.68. The van der Waals surface area contributed by atoms with Crippen molar-refractivity contribution in [2.75, 3.05) is 7.11 Å². The first kappa shape index (κ1) is 10.8. The van der Waals surface area contributed by atoms with E-state index < -0.39 is 0 Å². The Morgan fingerprint density at radius 2 is 2.43 bits per heavy atom. The van der Waals surface area contributed by atoms with E-state index in [0.29, 0.717) is 13.0 Å². The van der Waals surface area contributed by atoms with Crippen molar-refractivity contribution in [1.82, 2.24) is 4.57 Å². The lowest BCUT2D eigenvalue weighted by Crippen LogP contribution is -2.06. The van der Waals surface area contributed by atoms with E-state index in [0.717, 1.165) is 5.56 Å². The van der Waals surface area contributed by atoms with E-state index in [2.05, 4.69) is 4.74 Å². The predicted octanol–water partition coefficient (Wildman–Crippen LogP) is 1.07. The molecule has 0 aliphatic carbocycles. The second-order valence-electron chi connectivity index (χ2n) is 3.30. The third-order valence-electron chi connectivity index (χ3n) is 2.10. The van der Waals surface area contributed by atoms with Gasteiger partial charge in [0.25, 0.3) is 0 Å². The fourth-order valence-corrected chi connectivity index (χ4v) is 1.19. The monoisotopic (exact) mass is 196 g/mol. The Morgan fingerprint density at radius 3 is 2.93 bits per heavy atom. The van der Waals surface area contributed by atoms with Crippen LogP contribution in [0.15, 0.2) is 18.5 Å². The lowest BCUT2D eigenvalue weighted by molar-refractivity contribution is -0.140. The molecule has 1 heterocycles. The van der Waals surface area contributed by atoms with Crippen molar-refractivity contribution in [3.63, 3.8) is 0 Å². The molecule has 14 heavy (non-hydrogen) atoms. The minimum absolute atomic E-state index is 0.0365. The molecule has 0 bridgehead atoms. The van der Waals surface area contributed by atoms with Crippen LogP contribution in [0.5, 0.6) is 0 Å². The molecule has 0 saturated carbocycles. The minimum Gasteiger partial charge on any atom is -0.469 e. The van der Waals surface area contributed by atoms with E-state index in [-0.39, 0.29) is 12.0 Å². The van der Waals surface area contributed by atoms with Crippen molar-refractivity contribution < 1.29 is 9.53 Å². The van der Waals surface area contributed by atoms with Gasteiger partial charge in [-0.3, -0.25) is 4.79 Å². The Balaban J connectivity index is 2.48. The zero-order valence-corrected chi connectivity index (χ0v) is 8.56. The second-order valence-corrected chi connectivity index (χ2v) is 3.30. The summed E-state index contributed by atoms with van der Waals surface area (Å²) in [5.41, 5.74) is 6.78. The van der Waals surface area contributed by atoms with Crippen molar-refractivity contribution in [2.24, 2.45) is 5.73 Å². The third-order valence-corrected chi connectivity index (χ3v) is 2.10. The van der Waals surface area contributed by atoms with Crippen LogP contribution in [0, 0.1) is 0 Å². The van der Waals surface area contributed by atoms with Crippen molar-refractivity contribution in [3.05, 3.63) is 24.0 Å². The maximum Gasteiger partial charge on any atom is 0.307 e. The Hall–Kier alpha value is -1.29. The summed E-state index contributed by atoms with van der Waals surface area (Å²) in [4.78, 5) is 10.9. The van der Waals surface area contributed by atoms with Gasteiger partial charge in [0.15, 0.2) is 0 Å². The summed E-state index contributed by atoms with van der Waals surface area (Å²) < 4.78 is 6.49. The second kappa shape index (κ2) is 4.81. The van der Waals surface area contributed by atoms with Gasteiger partial charge >= 0.3 is 5.97 Å². The number of carbonyl (C=O) groups excluding carboxylic acids is 1. The van der Waals surface area contributed by atoms with Gasteiger partial charge in [0.1, 0.15) is 0 Å². The summed E-state index contributed by atoms with van der Waals surface area (Å²) in [7, 11) is 1.39. The zero-order chi connectivity index (χ0) is 10.6. The maximum atomic E-state index is 10.9. The molecule has 0 aromatic carbocycles. The SMILES string of the molecule is COC(=O)CCn1ccc(C(C)N)c1. The Morgan fingerprint density at radius 1 is 1.71 bits per heavy atom. The topological polar surface area (TPSA) is 57.2 Å². The molecule has 0 fully saturated rings. The third kappa shape index (κ3) is 2.88. The van der Waals surface area contributed by atoms with Gasteiger partial charge in [0.05, 0.1) is 13.5 Å². The molecule has 0 aliphatic rings. The number of aryl methyl sites for hydroxylation is 1. The van der Waals surface area contributed by atoms with Crippen LogP contribution < -0.4 is 5.73 Å². The number of carbonyl (C=O) groups is 1. The maximum absolute atomic E-state index is 10.9. The molecule has 4 heteroatoms. The zero-order valence-electron chi connectivity index (χ0n) is 8.56. The van der Waals surface area contributed by atoms with Gasteiger partial charge in [-0.25, -0.2) is 0 Å². The van der Waals surface area contributed by atoms with Crippen LogP contribution in [0.1, 0.15) is 24.9 Å². The number of nitrogens with two attached hydrogens (primary N) is 1. The fourth-order valence-electron chi connectivity index (χ4n) is 1.19. The number of methoxy groups -OCH3 is 1. The Kier molecular flexibility index (Phi) is 3.71. The number of ether oxygens (including phenoxy) is 1. The molecule has 2 N–H and O–H groups in total. The smallest absolute Gasteiger partial charge is 0.307 e. The van der Waals surface area contributed by atoms with Crippen molar-refractivity contribution in [1.29, 1.82) is 0 Å². The van der Waals surface area contributed by atoms with Crippen LogP contribution in [0.25, 0.3) is 0 Å². The number of esters is 1. The largest absolute Gasteiger partial charge is 0.469 e. The molecular formula is C10H16N2O2. The molecule has 0 amide bonds. The highest BCUT2D eigenvalue weighted by atomic mass is 16.5.